The van der Waals surface area contributed by atoms with Crippen LogP contribution in [0.1, 0.15) is 47.1 Å². The number of nitrogens with one attached hydrogen (secondary N) is 2. The van der Waals surface area contributed by atoms with E-state index in [1.165, 1.54) is 10.6 Å². The second-order valence-electron chi connectivity index (χ2n) is 11.5. The van der Waals surface area contributed by atoms with Crippen molar-refractivity contribution in [2.75, 3.05) is 5.32 Å². The van der Waals surface area contributed by atoms with E-state index in [9.17, 15) is 14.4 Å². The minimum atomic E-state index is -0.768. The zero-order chi connectivity index (χ0) is 29.8. The van der Waals surface area contributed by atoms with Crippen LogP contribution in [0, 0.1) is 5.92 Å². The van der Waals surface area contributed by atoms with E-state index in [1.807, 2.05) is 102 Å². The third-order valence-corrected chi connectivity index (χ3v) is 7.61. The molecule has 10 heteroatoms. The van der Waals surface area contributed by atoms with Crippen LogP contribution < -0.4 is 16.2 Å². The molecule has 2 amide bonds. The molecule has 0 bridgehead atoms. The van der Waals surface area contributed by atoms with Crippen molar-refractivity contribution in [1.82, 2.24) is 9.88 Å². The molecule has 0 spiro atoms. The normalized spacial score (nSPS) is 16.3. The van der Waals surface area contributed by atoms with E-state index in [2.05, 4.69) is 10.6 Å². The molecule has 1 saturated heterocycles. The Morgan fingerprint density at radius 1 is 0.902 bits per heavy atom. The van der Waals surface area contributed by atoms with Crippen LogP contribution in [0.25, 0.3) is 11.3 Å². The van der Waals surface area contributed by atoms with Crippen LogP contribution in [0.5, 0.6) is 0 Å². The Kier molecular flexibility index (Phi) is 9.04. The summed E-state index contributed by atoms with van der Waals surface area (Å²) >= 11 is 0. The zero-order valence-corrected chi connectivity index (χ0v) is 24.5. The third-order valence-electron chi connectivity index (χ3n) is 7.61. The highest BCUT2D eigenvalue weighted by Gasteiger charge is 2.54. The van der Waals surface area contributed by atoms with Crippen LogP contribution in [0.4, 0.5) is 10.5 Å². The van der Waals surface area contributed by atoms with Gasteiger partial charge in [0.2, 0.25) is 5.91 Å². The molecule has 216 valence electrons. The Balaban J connectivity index is 1.56. The highest BCUT2D eigenvalue weighted by Crippen LogP contribution is 2.38. The Morgan fingerprint density at radius 2 is 1.49 bits per heavy atom. The van der Waals surface area contributed by atoms with Gasteiger partial charge in [-0.15, -0.1) is 0 Å². The molecule has 2 heterocycles. The molecule has 0 aliphatic carbocycles. The number of nitrogens with zero attached hydrogens (tertiary/aromatic N) is 1. The van der Waals surface area contributed by atoms with Crippen LogP contribution in [0.2, 0.25) is 0 Å². The van der Waals surface area contributed by atoms with Crippen molar-refractivity contribution >= 4 is 24.8 Å². The van der Waals surface area contributed by atoms with Crippen molar-refractivity contribution in [2.45, 2.75) is 71.8 Å². The number of pyridine rings is 1. The molecule has 1 unspecified atom stereocenters. The van der Waals surface area contributed by atoms with E-state index in [1.54, 1.807) is 6.07 Å². The van der Waals surface area contributed by atoms with Crippen molar-refractivity contribution in [3.63, 3.8) is 0 Å². The molecular weight excluding hydrogens is 521 g/mol. The molecule has 1 aliphatic heterocycles. The van der Waals surface area contributed by atoms with E-state index >= 15 is 0 Å². The first-order valence-corrected chi connectivity index (χ1v) is 13.8. The number of benzene rings is 2. The van der Waals surface area contributed by atoms with Gasteiger partial charge in [-0.2, -0.15) is 0 Å². The van der Waals surface area contributed by atoms with Crippen LogP contribution in [0.3, 0.4) is 0 Å². The summed E-state index contributed by atoms with van der Waals surface area (Å²) in [6, 6.07) is 21.7. The number of hydrogen-bond donors (Lipinski definition) is 2. The molecule has 2 aromatic carbocycles. The summed E-state index contributed by atoms with van der Waals surface area (Å²) in [6.07, 6.45) is -0.768. The van der Waals surface area contributed by atoms with E-state index in [0.717, 1.165) is 11.1 Å². The fourth-order valence-corrected chi connectivity index (χ4v) is 4.52. The highest BCUT2D eigenvalue weighted by atomic mass is 16.7. The molecule has 0 saturated carbocycles. The first kappa shape index (κ1) is 30.1. The smallest absolute Gasteiger partial charge is 0.444 e. The van der Waals surface area contributed by atoms with Gasteiger partial charge in [-0.1, -0.05) is 74.5 Å². The SMILES string of the molecule is CC(C)C(NC(=O)Cn1c(-c2ccccc2)ccc(NC(=O)OCc2ccccc2)c1=O)B1OC(C)(C)C(C)(C)O1. The van der Waals surface area contributed by atoms with Crippen molar-refractivity contribution in [3.8, 4) is 11.3 Å². The number of anilines is 1. The topological polar surface area (TPSA) is 108 Å². The van der Waals surface area contributed by atoms with Crippen LogP contribution >= 0.6 is 0 Å². The first-order chi connectivity index (χ1) is 19.4. The Bertz CT molecular complexity index is 1410. The van der Waals surface area contributed by atoms with E-state index in [4.69, 9.17) is 14.0 Å². The molecule has 9 nitrogen and oxygen atoms in total. The molecule has 2 N–H and O–H groups in total. The molecule has 1 fully saturated rings. The lowest BCUT2D eigenvalue weighted by molar-refractivity contribution is -0.122. The fourth-order valence-electron chi connectivity index (χ4n) is 4.52. The number of ether oxygens (including phenoxy) is 1. The second-order valence-corrected chi connectivity index (χ2v) is 11.5. The number of amides is 2. The quantitative estimate of drug-likeness (QED) is 0.356. The molecule has 1 aromatic heterocycles. The van der Waals surface area contributed by atoms with Crippen LogP contribution in [-0.2, 0) is 32.0 Å². The number of rotatable bonds is 9. The summed E-state index contributed by atoms with van der Waals surface area (Å²) in [5, 5.41) is 5.55. The van der Waals surface area contributed by atoms with Crippen molar-refractivity contribution < 1.29 is 23.6 Å². The maximum atomic E-state index is 13.6. The Hall–Kier alpha value is -3.89. The monoisotopic (exact) mass is 559 g/mol. The molecule has 1 atom stereocenters. The summed E-state index contributed by atoms with van der Waals surface area (Å²) in [7, 11) is -0.651. The maximum absolute atomic E-state index is 13.6. The Labute approximate surface area is 241 Å². The van der Waals surface area contributed by atoms with Gasteiger partial charge in [0, 0.05) is 0 Å². The predicted molar refractivity (Wildman–Crippen MR) is 159 cm³/mol. The van der Waals surface area contributed by atoms with Crippen molar-refractivity contribution in [3.05, 3.63) is 88.7 Å². The first-order valence-electron chi connectivity index (χ1n) is 13.8. The molecule has 4 rings (SSSR count). The van der Waals surface area contributed by atoms with E-state index < -0.39 is 35.9 Å². The van der Waals surface area contributed by atoms with Crippen molar-refractivity contribution in [2.24, 2.45) is 5.92 Å². The molecule has 1 aliphatic rings. The average Bonchev–Trinajstić information content (AvgIpc) is 3.15. The fraction of sp³-hybridized carbons (Fsp3) is 0.387. The lowest BCUT2D eigenvalue weighted by atomic mass is 9.72. The van der Waals surface area contributed by atoms with Gasteiger partial charge in [0.1, 0.15) is 18.8 Å². The van der Waals surface area contributed by atoms with E-state index in [-0.39, 0.29) is 30.7 Å². The summed E-state index contributed by atoms with van der Waals surface area (Å²) < 4.78 is 19.0. The zero-order valence-electron chi connectivity index (χ0n) is 24.5. The van der Waals surface area contributed by atoms with Gasteiger partial charge < -0.3 is 19.4 Å². The Morgan fingerprint density at radius 3 is 2.07 bits per heavy atom. The van der Waals surface area contributed by atoms with Crippen LogP contribution in [-0.4, -0.2) is 40.8 Å². The minimum absolute atomic E-state index is 0.00177. The highest BCUT2D eigenvalue weighted by molar-refractivity contribution is 6.48. The summed E-state index contributed by atoms with van der Waals surface area (Å²) in [5.74, 6) is -0.846. The lowest BCUT2D eigenvalue weighted by Gasteiger charge is -2.32. The average molecular weight is 559 g/mol. The standard InChI is InChI=1S/C31H38BN3O6/c1-21(2)27(32-40-30(3,4)31(5,6)41-32)34-26(36)19-35-25(23-15-11-8-12-16-23)18-17-24(28(35)37)33-29(38)39-20-22-13-9-7-10-14-22/h7-18,21,27H,19-20H2,1-6H3,(H,33,38)(H,34,36). The lowest BCUT2D eigenvalue weighted by Crippen LogP contribution is -2.52. The van der Waals surface area contributed by atoms with Gasteiger partial charge in [-0.05, 0) is 56.9 Å². The number of hydrogen-bond acceptors (Lipinski definition) is 6. The van der Waals surface area contributed by atoms with Gasteiger partial charge in [-0.25, -0.2) is 4.79 Å². The minimum Gasteiger partial charge on any atom is -0.444 e. The summed E-state index contributed by atoms with van der Waals surface area (Å²) in [5.41, 5.74) is 0.465. The van der Waals surface area contributed by atoms with Gasteiger partial charge in [-0.3, -0.25) is 19.5 Å². The van der Waals surface area contributed by atoms with E-state index in [0.29, 0.717) is 5.69 Å². The molecular formula is C31H38BN3O6. The van der Waals surface area contributed by atoms with Crippen molar-refractivity contribution in [1.29, 1.82) is 0 Å². The summed E-state index contributed by atoms with van der Waals surface area (Å²) in [4.78, 5) is 39.6. The largest absolute Gasteiger partial charge is 0.482 e. The molecule has 41 heavy (non-hydrogen) atoms. The number of carbonyl (C=O) groups is 2. The van der Waals surface area contributed by atoms with Gasteiger partial charge in [0.05, 0.1) is 22.8 Å². The molecule has 0 radical (unpaired) electrons. The second kappa shape index (κ2) is 12.3. The predicted octanol–water partition coefficient (Wildman–Crippen LogP) is 5.04. The van der Waals surface area contributed by atoms with Crippen LogP contribution in [0.15, 0.2) is 77.6 Å². The molecule has 3 aromatic rings. The van der Waals surface area contributed by atoms with Gasteiger partial charge in [0.25, 0.3) is 5.56 Å². The third kappa shape index (κ3) is 7.07. The number of carbonyl (C=O) groups excluding carboxylic acids is 2. The van der Waals surface area contributed by atoms with Gasteiger partial charge in [0.15, 0.2) is 0 Å². The van der Waals surface area contributed by atoms with Gasteiger partial charge >= 0.3 is 13.2 Å². The number of aromatic nitrogens is 1. The maximum Gasteiger partial charge on any atom is 0.482 e. The summed E-state index contributed by atoms with van der Waals surface area (Å²) in [6.45, 7) is 11.6.